The number of aromatic carboxylic acids is 1. The molecule has 1 saturated heterocycles. The van der Waals surface area contributed by atoms with Gasteiger partial charge in [-0.15, -0.1) is 0 Å². The van der Waals surface area contributed by atoms with Crippen LogP contribution in [0, 0.1) is 5.82 Å². The predicted octanol–water partition coefficient (Wildman–Crippen LogP) is 0.933. The van der Waals surface area contributed by atoms with Gasteiger partial charge in [0.25, 0.3) is 0 Å². The van der Waals surface area contributed by atoms with E-state index in [0.717, 1.165) is 12.1 Å². The van der Waals surface area contributed by atoms with Crippen LogP contribution in [0.25, 0.3) is 0 Å². The van der Waals surface area contributed by atoms with Crippen LogP contribution < -0.4 is 11.1 Å². The van der Waals surface area contributed by atoms with Crippen molar-refractivity contribution in [1.82, 2.24) is 0 Å². The molecule has 2 rings (SSSR count). The van der Waals surface area contributed by atoms with Gasteiger partial charge in [0.1, 0.15) is 5.82 Å². The molecule has 1 fully saturated rings. The number of nitrogens with one attached hydrogen (secondary N) is 1. The molecular weight excluding hydrogens is 255 g/mol. The van der Waals surface area contributed by atoms with Gasteiger partial charge in [-0.2, -0.15) is 0 Å². The summed E-state index contributed by atoms with van der Waals surface area (Å²) in [6.07, 6.45) is -0.129. The maximum absolute atomic E-state index is 13.5. The fourth-order valence-corrected chi connectivity index (χ4v) is 1.79. The summed E-state index contributed by atoms with van der Waals surface area (Å²) in [5.74, 6) is -2.18. The molecule has 7 heteroatoms. The summed E-state index contributed by atoms with van der Waals surface area (Å²) in [6.45, 7) is 1.97. The second-order valence-corrected chi connectivity index (χ2v) is 4.17. The first-order valence-corrected chi connectivity index (χ1v) is 5.83. The number of hydrogen-bond acceptors (Lipinski definition) is 5. The maximum Gasteiger partial charge on any atom is 0.338 e. The molecule has 1 aliphatic rings. The third kappa shape index (κ3) is 3.33. The van der Waals surface area contributed by atoms with E-state index in [2.05, 4.69) is 5.32 Å². The predicted molar refractivity (Wildman–Crippen MR) is 66.8 cm³/mol. The molecule has 0 radical (unpaired) electrons. The second-order valence-electron chi connectivity index (χ2n) is 4.17. The Bertz CT molecular complexity index is 475. The highest BCUT2D eigenvalue weighted by atomic mass is 19.1. The standard InChI is InChI=1S/C12H15FN2O4/c13-9-4-11(10(14)3-8(9)12(16)17)15-5-7-6-18-1-2-19-7/h3-4,7,15H,1-2,5-6,14H2,(H,16,17). The monoisotopic (exact) mass is 270 g/mol. The molecule has 0 aliphatic carbocycles. The van der Waals surface area contributed by atoms with Gasteiger partial charge in [-0.25, -0.2) is 9.18 Å². The Hall–Kier alpha value is -1.86. The van der Waals surface area contributed by atoms with Gasteiger partial charge in [0.15, 0.2) is 0 Å². The summed E-state index contributed by atoms with van der Waals surface area (Å²) in [4.78, 5) is 10.7. The molecule has 0 amide bonds. The summed E-state index contributed by atoms with van der Waals surface area (Å²) in [7, 11) is 0. The van der Waals surface area contributed by atoms with Crippen LogP contribution in [0.1, 0.15) is 10.4 Å². The third-order valence-electron chi connectivity index (χ3n) is 2.77. The molecule has 1 heterocycles. The Morgan fingerprint density at radius 3 is 2.95 bits per heavy atom. The topological polar surface area (TPSA) is 93.8 Å². The molecule has 0 aromatic heterocycles. The molecule has 19 heavy (non-hydrogen) atoms. The number of rotatable bonds is 4. The number of carboxylic acids is 1. The highest BCUT2D eigenvalue weighted by molar-refractivity contribution is 5.90. The van der Waals surface area contributed by atoms with E-state index in [-0.39, 0.29) is 11.8 Å². The average molecular weight is 270 g/mol. The Morgan fingerprint density at radius 1 is 1.53 bits per heavy atom. The van der Waals surface area contributed by atoms with E-state index in [9.17, 15) is 9.18 Å². The van der Waals surface area contributed by atoms with E-state index in [1.54, 1.807) is 0 Å². The minimum absolute atomic E-state index is 0.129. The van der Waals surface area contributed by atoms with E-state index < -0.39 is 17.3 Å². The molecule has 1 aromatic rings. The van der Waals surface area contributed by atoms with E-state index in [0.29, 0.717) is 32.1 Å². The largest absolute Gasteiger partial charge is 0.478 e. The number of carboxylic acid groups (broad SMARTS) is 1. The second kappa shape index (κ2) is 5.85. The van der Waals surface area contributed by atoms with E-state index in [1.165, 1.54) is 0 Å². The molecule has 0 spiro atoms. The Labute approximate surface area is 109 Å². The van der Waals surface area contributed by atoms with Crippen LogP contribution in [0.2, 0.25) is 0 Å². The fourth-order valence-electron chi connectivity index (χ4n) is 1.79. The van der Waals surface area contributed by atoms with Crippen LogP contribution in [0.5, 0.6) is 0 Å². The number of benzene rings is 1. The van der Waals surface area contributed by atoms with E-state index >= 15 is 0 Å². The van der Waals surface area contributed by atoms with E-state index in [1.807, 2.05) is 0 Å². The van der Waals surface area contributed by atoms with Crippen molar-refractivity contribution in [3.05, 3.63) is 23.5 Å². The molecule has 1 aromatic carbocycles. The molecule has 1 aliphatic heterocycles. The zero-order valence-electron chi connectivity index (χ0n) is 10.2. The van der Waals surface area contributed by atoms with Crippen LogP contribution >= 0.6 is 0 Å². The molecular formula is C12H15FN2O4. The Balaban J connectivity index is 2.04. The highest BCUT2D eigenvalue weighted by Gasteiger charge is 2.16. The smallest absolute Gasteiger partial charge is 0.338 e. The van der Waals surface area contributed by atoms with Gasteiger partial charge in [0, 0.05) is 6.54 Å². The van der Waals surface area contributed by atoms with Crippen molar-refractivity contribution in [2.75, 3.05) is 37.4 Å². The van der Waals surface area contributed by atoms with Crippen molar-refractivity contribution in [2.24, 2.45) is 0 Å². The number of nitrogen functional groups attached to an aromatic ring is 1. The fraction of sp³-hybridized carbons (Fsp3) is 0.417. The first-order chi connectivity index (χ1) is 9.08. The SMILES string of the molecule is Nc1cc(C(=O)O)c(F)cc1NCC1COCCO1. The van der Waals surface area contributed by atoms with Crippen LogP contribution in [0.15, 0.2) is 12.1 Å². The molecule has 6 nitrogen and oxygen atoms in total. The van der Waals surface area contributed by atoms with E-state index in [4.69, 9.17) is 20.3 Å². The van der Waals surface area contributed by atoms with Crippen LogP contribution in [0.4, 0.5) is 15.8 Å². The third-order valence-corrected chi connectivity index (χ3v) is 2.77. The van der Waals surface area contributed by atoms with Crippen molar-refractivity contribution in [2.45, 2.75) is 6.10 Å². The van der Waals surface area contributed by atoms with Gasteiger partial charge in [-0.05, 0) is 12.1 Å². The lowest BCUT2D eigenvalue weighted by atomic mass is 10.1. The van der Waals surface area contributed by atoms with Crippen molar-refractivity contribution in [1.29, 1.82) is 0 Å². The number of anilines is 2. The van der Waals surface area contributed by atoms with Gasteiger partial charge in [0.05, 0.1) is 42.9 Å². The summed E-state index contributed by atoms with van der Waals surface area (Å²) in [6, 6.07) is 2.17. The molecule has 0 bridgehead atoms. The first kappa shape index (κ1) is 13.6. The molecule has 4 N–H and O–H groups in total. The average Bonchev–Trinajstić information content (AvgIpc) is 2.40. The lowest BCUT2D eigenvalue weighted by Crippen LogP contribution is -2.34. The zero-order valence-corrected chi connectivity index (χ0v) is 10.2. The van der Waals surface area contributed by atoms with Crippen molar-refractivity contribution < 1.29 is 23.8 Å². The van der Waals surface area contributed by atoms with Crippen LogP contribution in [-0.4, -0.2) is 43.5 Å². The number of halogens is 1. The quantitative estimate of drug-likeness (QED) is 0.705. The Morgan fingerprint density at radius 2 is 2.32 bits per heavy atom. The minimum Gasteiger partial charge on any atom is -0.478 e. The molecule has 1 atom stereocenters. The summed E-state index contributed by atoms with van der Waals surface area (Å²) in [5.41, 5.74) is 5.76. The van der Waals surface area contributed by atoms with Crippen molar-refractivity contribution in [3.63, 3.8) is 0 Å². The van der Waals surface area contributed by atoms with Gasteiger partial charge in [-0.3, -0.25) is 0 Å². The van der Waals surface area contributed by atoms with Crippen molar-refractivity contribution in [3.8, 4) is 0 Å². The lowest BCUT2D eigenvalue weighted by molar-refractivity contribution is -0.0818. The number of ether oxygens (including phenoxy) is 2. The molecule has 1 unspecified atom stereocenters. The molecule has 104 valence electrons. The maximum atomic E-state index is 13.5. The van der Waals surface area contributed by atoms with Gasteiger partial charge in [0.2, 0.25) is 0 Å². The van der Waals surface area contributed by atoms with Crippen LogP contribution in [0.3, 0.4) is 0 Å². The minimum atomic E-state index is -1.35. The normalized spacial score (nSPS) is 19.1. The zero-order chi connectivity index (χ0) is 13.8. The number of hydrogen-bond donors (Lipinski definition) is 3. The molecule has 0 saturated carbocycles. The summed E-state index contributed by atoms with van der Waals surface area (Å²) < 4.78 is 24.2. The number of nitrogens with two attached hydrogens (primary N) is 1. The van der Waals surface area contributed by atoms with Crippen molar-refractivity contribution >= 4 is 17.3 Å². The van der Waals surface area contributed by atoms with Gasteiger partial charge < -0.3 is 25.6 Å². The lowest BCUT2D eigenvalue weighted by Gasteiger charge is -2.23. The summed E-state index contributed by atoms with van der Waals surface area (Å²) >= 11 is 0. The highest BCUT2D eigenvalue weighted by Crippen LogP contribution is 2.23. The van der Waals surface area contributed by atoms with Crippen LogP contribution in [-0.2, 0) is 9.47 Å². The van der Waals surface area contributed by atoms with Gasteiger partial charge >= 0.3 is 5.97 Å². The summed E-state index contributed by atoms with van der Waals surface area (Å²) in [5, 5.41) is 11.7. The number of carbonyl (C=O) groups is 1. The Kier molecular flexibility index (Phi) is 4.18. The van der Waals surface area contributed by atoms with Gasteiger partial charge in [-0.1, -0.05) is 0 Å². The first-order valence-electron chi connectivity index (χ1n) is 5.83.